The Hall–Kier alpha value is -0.740. The minimum absolute atomic E-state index is 0.123. The molecule has 0 aromatic heterocycles. The second-order valence-corrected chi connectivity index (χ2v) is 5.81. The van der Waals surface area contributed by atoms with Gasteiger partial charge in [-0.3, -0.25) is 9.47 Å². The molecule has 0 aromatic carbocycles. The third-order valence-electron chi connectivity index (χ3n) is 4.36. The van der Waals surface area contributed by atoms with Gasteiger partial charge in [-0.2, -0.15) is 0 Å². The molecule has 0 N–H and O–H groups in total. The van der Waals surface area contributed by atoms with E-state index in [0.717, 1.165) is 38.5 Å². The van der Waals surface area contributed by atoms with Gasteiger partial charge in [-0.05, 0) is 50.4 Å². The van der Waals surface area contributed by atoms with Crippen molar-refractivity contribution in [1.29, 1.82) is 0 Å². The van der Waals surface area contributed by atoms with Crippen molar-refractivity contribution in [2.75, 3.05) is 13.2 Å². The maximum absolute atomic E-state index is 12.7. The summed E-state index contributed by atoms with van der Waals surface area (Å²) in [5.41, 5.74) is 0. The molecule has 2 nitrogen and oxygen atoms in total. The van der Waals surface area contributed by atoms with Crippen LogP contribution in [0.3, 0.4) is 0 Å². The molecule has 0 spiro atoms. The lowest BCUT2D eigenvalue weighted by Crippen LogP contribution is -2.40. The first kappa shape index (κ1) is 15.6. The highest BCUT2D eigenvalue weighted by molar-refractivity contribution is 4.93. The van der Waals surface area contributed by atoms with Crippen LogP contribution in [0.25, 0.3) is 0 Å². The van der Waals surface area contributed by atoms with Crippen molar-refractivity contribution in [3.8, 4) is 0 Å². The lowest BCUT2D eigenvalue weighted by Gasteiger charge is -2.36. The van der Waals surface area contributed by atoms with Crippen molar-refractivity contribution in [2.45, 2.75) is 44.8 Å². The van der Waals surface area contributed by atoms with E-state index < -0.39 is 6.29 Å². The standard InChI is InChI=1S/C16H24F2O2/c1-2-3-4-5-6-13-7-9-14(10-8-13)15-11-19-16(17,18)20-12-15/h2,5-6,13-15H,1,3-4,7-12H2. The van der Waals surface area contributed by atoms with Gasteiger partial charge in [0, 0.05) is 5.92 Å². The smallest absolute Gasteiger partial charge is 0.295 e. The van der Waals surface area contributed by atoms with Crippen molar-refractivity contribution in [1.82, 2.24) is 0 Å². The molecule has 1 aliphatic heterocycles. The number of hydrogen-bond donors (Lipinski definition) is 0. The Morgan fingerprint density at radius 3 is 2.25 bits per heavy atom. The zero-order chi connectivity index (χ0) is 14.4. The van der Waals surface area contributed by atoms with Crippen LogP contribution in [0.1, 0.15) is 38.5 Å². The molecule has 0 bridgehead atoms. The summed E-state index contributed by atoms with van der Waals surface area (Å²) in [4.78, 5) is 0. The lowest BCUT2D eigenvalue weighted by atomic mass is 9.76. The molecule has 1 heterocycles. The van der Waals surface area contributed by atoms with Crippen molar-refractivity contribution in [2.24, 2.45) is 17.8 Å². The van der Waals surface area contributed by atoms with Crippen LogP contribution < -0.4 is 0 Å². The van der Waals surface area contributed by atoms with Gasteiger partial charge in [-0.1, -0.05) is 18.2 Å². The molecule has 2 aliphatic rings. The quantitative estimate of drug-likeness (QED) is 0.546. The number of hydrogen-bond acceptors (Lipinski definition) is 2. The first-order valence-electron chi connectivity index (χ1n) is 7.54. The molecule has 1 saturated carbocycles. The molecule has 2 rings (SSSR count). The summed E-state index contributed by atoms with van der Waals surface area (Å²) < 4.78 is 34.4. The van der Waals surface area contributed by atoms with Crippen LogP contribution in [0, 0.1) is 17.8 Å². The third kappa shape index (κ3) is 4.67. The van der Waals surface area contributed by atoms with Gasteiger partial charge in [-0.25, -0.2) is 0 Å². The van der Waals surface area contributed by atoms with E-state index in [1.165, 1.54) is 0 Å². The molecule has 2 fully saturated rings. The van der Waals surface area contributed by atoms with E-state index in [-0.39, 0.29) is 19.1 Å². The van der Waals surface area contributed by atoms with Crippen molar-refractivity contribution >= 4 is 0 Å². The lowest BCUT2D eigenvalue weighted by molar-refractivity contribution is -0.423. The molecule has 0 amide bonds. The fourth-order valence-corrected chi connectivity index (χ4v) is 3.08. The Morgan fingerprint density at radius 2 is 1.65 bits per heavy atom. The zero-order valence-corrected chi connectivity index (χ0v) is 11.9. The van der Waals surface area contributed by atoms with Crippen LogP contribution in [0.4, 0.5) is 8.78 Å². The highest BCUT2D eigenvalue weighted by Crippen LogP contribution is 2.37. The summed E-state index contributed by atoms with van der Waals surface area (Å²) in [6.07, 6.45) is 9.63. The highest BCUT2D eigenvalue weighted by Gasteiger charge is 2.41. The van der Waals surface area contributed by atoms with Crippen molar-refractivity contribution in [3.63, 3.8) is 0 Å². The van der Waals surface area contributed by atoms with Crippen molar-refractivity contribution in [3.05, 3.63) is 24.8 Å². The molecule has 0 atom stereocenters. The van der Waals surface area contributed by atoms with Crippen LogP contribution in [-0.4, -0.2) is 19.5 Å². The van der Waals surface area contributed by atoms with Gasteiger partial charge >= 0.3 is 6.29 Å². The number of allylic oxidation sites excluding steroid dienone is 3. The predicted octanol–water partition coefficient (Wildman–Crippen LogP) is 4.53. The topological polar surface area (TPSA) is 18.5 Å². The third-order valence-corrected chi connectivity index (χ3v) is 4.36. The highest BCUT2D eigenvalue weighted by atomic mass is 19.3. The second-order valence-electron chi connectivity index (χ2n) is 5.81. The van der Waals surface area contributed by atoms with Crippen LogP contribution >= 0.6 is 0 Å². The molecule has 0 aromatic rings. The number of unbranched alkanes of at least 4 members (excludes halogenated alkanes) is 1. The van der Waals surface area contributed by atoms with Crippen LogP contribution in [0.15, 0.2) is 24.8 Å². The van der Waals surface area contributed by atoms with Crippen LogP contribution in [-0.2, 0) is 9.47 Å². The van der Waals surface area contributed by atoms with Gasteiger partial charge in [0.1, 0.15) is 0 Å². The Balaban J connectivity index is 1.69. The van der Waals surface area contributed by atoms with E-state index in [1.54, 1.807) is 0 Å². The van der Waals surface area contributed by atoms with E-state index in [2.05, 4.69) is 28.2 Å². The monoisotopic (exact) mass is 286 g/mol. The fourth-order valence-electron chi connectivity index (χ4n) is 3.08. The minimum Gasteiger partial charge on any atom is -0.295 e. The zero-order valence-electron chi connectivity index (χ0n) is 11.9. The van der Waals surface area contributed by atoms with E-state index >= 15 is 0 Å². The maximum Gasteiger partial charge on any atom is 0.485 e. The summed E-state index contributed by atoms with van der Waals surface area (Å²) in [5, 5.41) is 0. The Labute approximate surface area is 119 Å². The first-order valence-corrected chi connectivity index (χ1v) is 7.54. The van der Waals surface area contributed by atoms with Gasteiger partial charge in [0.05, 0.1) is 13.2 Å². The van der Waals surface area contributed by atoms with Gasteiger partial charge in [0.15, 0.2) is 0 Å². The molecule has 1 saturated heterocycles. The molecule has 0 unspecified atom stereocenters. The van der Waals surface area contributed by atoms with E-state index in [1.807, 2.05) is 6.08 Å². The number of alkyl halides is 2. The first-order chi connectivity index (χ1) is 9.61. The molecular weight excluding hydrogens is 262 g/mol. The molecule has 4 heteroatoms. The van der Waals surface area contributed by atoms with Crippen LogP contribution in [0.2, 0.25) is 0 Å². The molecule has 20 heavy (non-hydrogen) atoms. The van der Waals surface area contributed by atoms with Gasteiger partial charge in [0.25, 0.3) is 0 Å². The number of halogens is 2. The van der Waals surface area contributed by atoms with Gasteiger partial charge in [-0.15, -0.1) is 15.4 Å². The summed E-state index contributed by atoms with van der Waals surface area (Å²) in [7, 11) is 0. The summed E-state index contributed by atoms with van der Waals surface area (Å²) in [5.74, 6) is 1.23. The van der Waals surface area contributed by atoms with E-state index in [4.69, 9.17) is 0 Å². The summed E-state index contributed by atoms with van der Waals surface area (Å²) >= 11 is 0. The van der Waals surface area contributed by atoms with Crippen LogP contribution in [0.5, 0.6) is 0 Å². The SMILES string of the molecule is C=CCCC=CC1CCC(C2COC(F)(F)OC2)CC1. The normalized spacial score (nSPS) is 31.5. The molecule has 114 valence electrons. The molecule has 0 radical (unpaired) electrons. The van der Waals surface area contributed by atoms with E-state index in [0.29, 0.717) is 11.8 Å². The van der Waals surface area contributed by atoms with Crippen molar-refractivity contribution < 1.29 is 18.3 Å². The molecule has 1 aliphatic carbocycles. The molecular formula is C16H24F2O2. The maximum atomic E-state index is 12.7. The average Bonchev–Trinajstić information content (AvgIpc) is 2.45. The van der Waals surface area contributed by atoms with Gasteiger partial charge in [0.2, 0.25) is 0 Å². The minimum atomic E-state index is -3.37. The fraction of sp³-hybridized carbons (Fsp3) is 0.750. The second kappa shape index (κ2) is 7.32. The van der Waals surface area contributed by atoms with E-state index in [9.17, 15) is 8.78 Å². The largest absolute Gasteiger partial charge is 0.485 e. The summed E-state index contributed by atoms with van der Waals surface area (Å²) in [6.45, 7) is 3.95. The predicted molar refractivity (Wildman–Crippen MR) is 74.4 cm³/mol. The Bertz CT molecular complexity index is 323. The average molecular weight is 286 g/mol. The number of rotatable bonds is 5. The Morgan fingerprint density at radius 1 is 1.00 bits per heavy atom. The Kier molecular flexibility index (Phi) is 5.73. The van der Waals surface area contributed by atoms with Gasteiger partial charge < -0.3 is 0 Å². The number of ether oxygens (including phenoxy) is 2. The summed E-state index contributed by atoms with van der Waals surface area (Å²) in [6, 6.07) is 0.